The van der Waals surface area contributed by atoms with Crippen molar-refractivity contribution in [2.75, 3.05) is 5.73 Å². The van der Waals surface area contributed by atoms with E-state index in [0.717, 1.165) is 22.2 Å². The Morgan fingerprint density at radius 1 is 1.53 bits per heavy atom. The Hall–Kier alpha value is -1.03. The molecule has 0 radical (unpaired) electrons. The van der Waals surface area contributed by atoms with Crippen LogP contribution in [-0.4, -0.2) is 9.38 Å². The molecule has 2 aromatic heterocycles. The molecule has 0 aliphatic heterocycles. The third-order valence-electron chi connectivity index (χ3n) is 2.31. The third kappa shape index (κ3) is 1.86. The molecule has 2 aromatic rings. The van der Waals surface area contributed by atoms with Crippen molar-refractivity contribution in [1.82, 2.24) is 9.38 Å². The van der Waals surface area contributed by atoms with Gasteiger partial charge < -0.3 is 10.1 Å². The van der Waals surface area contributed by atoms with Gasteiger partial charge in [0.2, 0.25) is 0 Å². The van der Waals surface area contributed by atoms with Crippen molar-refractivity contribution in [3.8, 4) is 0 Å². The Balaban J connectivity index is 2.63. The van der Waals surface area contributed by atoms with Gasteiger partial charge in [0.1, 0.15) is 11.3 Å². The Kier molecular flexibility index (Phi) is 2.69. The number of hydrogen-bond acceptors (Lipinski definition) is 2. The molecule has 0 saturated heterocycles. The molecular weight excluding hydrogens is 254 g/mol. The Bertz CT molecular complexity index is 488. The number of fused-ring (bicyclic) bond motifs is 1. The van der Waals surface area contributed by atoms with Crippen LogP contribution in [0.15, 0.2) is 22.8 Å². The number of imidazole rings is 1. The summed E-state index contributed by atoms with van der Waals surface area (Å²) in [5.74, 6) is 2.20. The summed E-state index contributed by atoms with van der Waals surface area (Å²) in [7, 11) is 0. The molecule has 15 heavy (non-hydrogen) atoms. The lowest BCUT2D eigenvalue weighted by atomic mass is 10.1. The summed E-state index contributed by atoms with van der Waals surface area (Å²) in [5, 5.41) is 0. The summed E-state index contributed by atoms with van der Waals surface area (Å²) >= 11 is 3.49. The average molecular weight is 268 g/mol. The highest BCUT2D eigenvalue weighted by Crippen LogP contribution is 2.25. The SMILES string of the molecule is CC(C)Cc1nc(N)c2c(Br)cccn12. The van der Waals surface area contributed by atoms with Crippen LogP contribution in [0.1, 0.15) is 19.7 Å². The molecule has 0 aliphatic carbocycles. The quantitative estimate of drug-likeness (QED) is 0.910. The highest BCUT2D eigenvalue weighted by molar-refractivity contribution is 9.10. The van der Waals surface area contributed by atoms with Crippen molar-refractivity contribution in [2.24, 2.45) is 5.92 Å². The standard InChI is InChI=1S/C11H14BrN3/c1-7(2)6-9-14-11(13)10-8(12)4-3-5-15(9)10/h3-5,7H,6,13H2,1-2H3. The Morgan fingerprint density at radius 2 is 2.27 bits per heavy atom. The predicted octanol–water partition coefficient (Wildman–Crippen LogP) is 2.88. The summed E-state index contributed by atoms with van der Waals surface area (Å²) in [5.41, 5.74) is 6.86. The lowest BCUT2D eigenvalue weighted by Gasteiger charge is -2.03. The second-order valence-corrected chi connectivity index (χ2v) is 4.94. The molecule has 0 fully saturated rings. The Labute approximate surface area is 97.4 Å². The van der Waals surface area contributed by atoms with E-state index in [1.54, 1.807) is 0 Å². The van der Waals surface area contributed by atoms with Crippen LogP contribution in [0.2, 0.25) is 0 Å². The number of nitrogens with two attached hydrogens (primary N) is 1. The van der Waals surface area contributed by atoms with Gasteiger partial charge in [0.25, 0.3) is 0 Å². The van der Waals surface area contributed by atoms with E-state index in [1.165, 1.54) is 0 Å². The van der Waals surface area contributed by atoms with Crippen LogP contribution in [0.3, 0.4) is 0 Å². The molecule has 3 nitrogen and oxygen atoms in total. The minimum Gasteiger partial charge on any atom is -0.382 e. The number of nitrogen functional groups attached to an aromatic ring is 1. The molecule has 0 unspecified atom stereocenters. The highest BCUT2D eigenvalue weighted by Gasteiger charge is 2.11. The molecule has 0 aliphatic rings. The van der Waals surface area contributed by atoms with Crippen molar-refractivity contribution in [2.45, 2.75) is 20.3 Å². The molecule has 0 aromatic carbocycles. The molecule has 2 rings (SSSR count). The average Bonchev–Trinajstić information content (AvgIpc) is 2.44. The molecule has 0 bridgehead atoms. The van der Waals surface area contributed by atoms with E-state index in [4.69, 9.17) is 5.73 Å². The monoisotopic (exact) mass is 267 g/mol. The van der Waals surface area contributed by atoms with Crippen LogP contribution in [0.5, 0.6) is 0 Å². The van der Waals surface area contributed by atoms with Crippen molar-refractivity contribution >= 4 is 27.3 Å². The van der Waals surface area contributed by atoms with Gasteiger partial charge in [0.15, 0.2) is 5.82 Å². The molecule has 2 heterocycles. The first kappa shape index (κ1) is 10.5. The number of anilines is 1. The van der Waals surface area contributed by atoms with Gasteiger partial charge in [0, 0.05) is 17.1 Å². The number of aromatic nitrogens is 2. The first-order chi connectivity index (χ1) is 7.09. The zero-order valence-electron chi connectivity index (χ0n) is 8.87. The van der Waals surface area contributed by atoms with Crippen LogP contribution in [-0.2, 0) is 6.42 Å². The first-order valence-electron chi connectivity index (χ1n) is 5.00. The summed E-state index contributed by atoms with van der Waals surface area (Å²) in [6, 6.07) is 3.97. The van der Waals surface area contributed by atoms with Crippen LogP contribution in [0, 0.1) is 5.92 Å². The van der Waals surface area contributed by atoms with Gasteiger partial charge in [-0.3, -0.25) is 0 Å². The van der Waals surface area contributed by atoms with Gasteiger partial charge >= 0.3 is 0 Å². The third-order valence-corrected chi connectivity index (χ3v) is 2.95. The van der Waals surface area contributed by atoms with E-state index in [0.29, 0.717) is 11.7 Å². The maximum atomic E-state index is 5.89. The van der Waals surface area contributed by atoms with Crippen LogP contribution >= 0.6 is 15.9 Å². The lowest BCUT2D eigenvalue weighted by Crippen LogP contribution is -2.00. The van der Waals surface area contributed by atoms with Gasteiger partial charge in [0.05, 0.1) is 0 Å². The normalized spacial score (nSPS) is 11.5. The Morgan fingerprint density at radius 3 is 2.93 bits per heavy atom. The van der Waals surface area contributed by atoms with Crippen molar-refractivity contribution in [1.29, 1.82) is 0 Å². The van der Waals surface area contributed by atoms with E-state index in [-0.39, 0.29) is 0 Å². The van der Waals surface area contributed by atoms with E-state index >= 15 is 0 Å². The lowest BCUT2D eigenvalue weighted by molar-refractivity contribution is 0.619. The van der Waals surface area contributed by atoms with Gasteiger partial charge in [-0.15, -0.1) is 0 Å². The number of rotatable bonds is 2. The van der Waals surface area contributed by atoms with Crippen LogP contribution < -0.4 is 5.73 Å². The summed E-state index contributed by atoms with van der Waals surface area (Å²) in [4.78, 5) is 4.40. The topological polar surface area (TPSA) is 43.3 Å². The smallest absolute Gasteiger partial charge is 0.151 e. The number of halogens is 1. The van der Waals surface area contributed by atoms with E-state index in [9.17, 15) is 0 Å². The van der Waals surface area contributed by atoms with Crippen molar-refractivity contribution < 1.29 is 0 Å². The largest absolute Gasteiger partial charge is 0.382 e. The number of hydrogen-bond donors (Lipinski definition) is 1. The summed E-state index contributed by atoms with van der Waals surface area (Å²) in [6.45, 7) is 4.35. The van der Waals surface area contributed by atoms with Crippen molar-refractivity contribution in [3.05, 3.63) is 28.6 Å². The summed E-state index contributed by atoms with van der Waals surface area (Å²) < 4.78 is 3.05. The fourth-order valence-electron chi connectivity index (χ4n) is 1.70. The zero-order valence-corrected chi connectivity index (χ0v) is 10.5. The minimum atomic E-state index is 0.578. The molecule has 0 atom stereocenters. The summed E-state index contributed by atoms with van der Waals surface area (Å²) in [6.07, 6.45) is 2.94. The van der Waals surface area contributed by atoms with E-state index < -0.39 is 0 Å². The molecular formula is C11H14BrN3. The maximum absolute atomic E-state index is 5.89. The van der Waals surface area contributed by atoms with Crippen LogP contribution in [0.4, 0.5) is 5.82 Å². The second kappa shape index (κ2) is 3.85. The highest BCUT2D eigenvalue weighted by atomic mass is 79.9. The van der Waals surface area contributed by atoms with Crippen LogP contribution in [0.25, 0.3) is 5.52 Å². The predicted molar refractivity (Wildman–Crippen MR) is 65.8 cm³/mol. The van der Waals surface area contributed by atoms with E-state index in [2.05, 4.69) is 39.2 Å². The molecule has 0 amide bonds. The van der Waals surface area contributed by atoms with Gasteiger partial charge in [-0.2, -0.15) is 0 Å². The molecule has 80 valence electrons. The molecule has 4 heteroatoms. The van der Waals surface area contributed by atoms with Gasteiger partial charge in [-0.05, 0) is 34.0 Å². The fraction of sp³-hybridized carbons (Fsp3) is 0.364. The molecule has 0 saturated carbocycles. The number of nitrogens with zero attached hydrogens (tertiary/aromatic N) is 2. The van der Waals surface area contributed by atoms with E-state index in [1.807, 2.05) is 18.3 Å². The fourth-order valence-corrected chi connectivity index (χ4v) is 2.24. The molecule has 0 spiro atoms. The van der Waals surface area contributed by atoms with Crippen molar-refractivity contribution in [3.63, 3.8) is 0 Å². The second-order valence-electron chi connectivity index (χ2n) is 4.09. The number of pyridine rings is 1. The van der Waals surface area contributed by atoms with Gasteiger partial charge in [-0.1, -0.05) is 13.8 Å². The first-order valence-corrected chi connectivity index (χ1v) is 5.80. The zero-order chi connectivity index (χ0) is 11.0. The van der Waals surface area contributed by atoms with Gasteiger partial charge in [-0.25, -0.2) is 4.98 Å². The molecule has 2 N–H and O–H groups in total. The maximum Gasteiger partial charge on any atom is 0.151 e. The minimum absolute atomic E-state index is 0.578.